The van der Waals surface area contributed by atoms with E-state index < -0.39 is 12.4 Å². The Labute approximate surface area is 128 Å². The van der Waals surface area contributed by atoms with Crippen LogP contribution in [0.4, 0.5) is 0 Å². The van der Waals surface area contributed by atoms with Crippen molar-refractivity contribution in [2.24, 2.45) is 0 Å². The molecule has 4 nitrogen and oxygen atoms in total. The molecule has 4 rings (SSSR count). The fourth-order valence-electron chi connectivity index (χ4n) is 2.87. The number of ether oxygens (including phenoxy) is 3. The summed E-state index contributed by atoms with van der Waals surface area (Å²) in [6.07, 6.45) is 1.92. The van der Waals surface area contributed by atoms with Crippen molar-refractivity contribution in [2.75, 3.05) is 6.61 Å². The summed E-state index contributed by atoms with van der Waals surface area (Å²) in [6, 6.07) is 14.5. The molecule has 0 aliphatic carbocycles. The van der Waals surface area contributed by atoms with Crippen LogP contribution in [-0.2, 0) is 25.6 Å². The highest BCUT2D eigenvalue weighted by molar-refractivity contribution is 5.95. The first kappa shape index (κ1) is 13.6. The van der Waals surface area contributed by atoms with E-state index in [2.05, 4.69) is 30.3 Å². The molecule has 2 aliphatic rings. The molecule has 2 aromatic rings. The molecule has 0 saturated carbocycles. The Hall–Kier alpha value is -2.01. The second-order valence-corrected chi connectivity index (χ2v) is 5.56. The number of rotatable bonds is 4. The monoisotopic (exact) mass is 296 g/mol. The lowest BCUT2D eigenvalue weighted by Crippen LogP contribution is -2.34. The second kappa shape index (κ2) is 5.65. The molecular formula is C18H16O4. The minimum atomic E-state index is -0.522. The van der Waals surface area contributed by atoms with Gasteiger partial charge in [0.05, 0.1) is 13.2 Å². The second-order valence-electron chi connectivity index (χ2n) is 5.56. The number of carbonyl (C=O) groups excluding carboxylic acids is 1. The first-order chi connectivity index (χ1) is 10.8. The summed E-state index contributed by atoms with van der Waals surface area (Å²) in [5, 5.41) is 2.41. The first-order valence-electron chi connectivity index (χ1n) is 7.38. The van der Waals surface area contributed by atoms with Crippen molar-refractivity contribution in [1.82, 2.24) is 0 Å². The summed E-state index contributed by atoms with van der Waals surface area (Å²) in [6.45, 7) is 0.838. The fraction of sp³-hybridized carbons (Fsp3) is 0.278. The van der Waals surface area contributed by atoms with E-state index in [0.717, 1.165) is 5.56 Å². The highest BCUT2D eigenvalue weighted by atomic mass is 16.7. The molecule has 1 saturated heterocycles. The van der Waals surface area contributed by atoms with Gasteiger partial charge in [-0.1, -0.05) is 36.4 Å². The third-order valence-corrected chi connectivity index (χ3v) is 3.99. The van der Waals surface area contributed by atoms with Crippen molar-refractivity contribution in [3.63, 3.8) is 0 Å². The van der Waals surface area contributed by atoms with Gasteiger partial charge in [0, 0.05) is 0 Å². The largest absolute Gasteiger partial charge is 0.374 e. The lowest BCUT2D eigenvalue weighted by molar-refractivity contribution is -0.127. The van der Waals surface area contributed by atoms with Gasteiger partial charge in [0.15, 0.2) is 18.2 Å². The van der Waals surface area contributed by atoms with Crippen LogP contribution in [0.2, 0.25) is 0 Å². The smallest absolute Gasteiger partial charge is 0.187 e. The summed E-state index contributed by atoms with van der Waals surface area (Å²) in [5.41, 5.74) is 1.10. The highest BCUT2D eigenvalue weighted by Gasteiger charge is 2.41. The van der Waals surface area contributed by atoms with Gasteiger partial charge in [-0.25, -0.2) is 0 Å². The third kappa shape index (κ3) is 2.57. The zero-order chi connectivity index (χ0) is 14.9. The predicted octanol–water partition coefficient (Wildman–Crippen LogP) is 2.61. The quantitative estimate of drug-likeness (QED) is 0.870. The molecule has 3 atom stereocenters. The van der Waals surface area contributed by atoms with Gasteiger partial charge in [-0.3, -0.25) is 4.79 Å². The van der Waals surface area contributed by atoms with Crippen molar-refractivity contribution in [3.05, 3.63) is 60.2 Å². The van der Waals surface area contributed by atoms with E-state index in [1.807, 2.05) is 12.1 Å². The van der Waals surface area contributed by atoms with Crippen molar-refractivity contribution < 1.29 is 19.0 Å². The van der Waals surface area contributed by atoms with Crippen LogP contribution in [0.25, 0.3) is 10.8 Å². The molecule has 0 amide bonds. The Morgan fingerprint density at radius 2 is 1.91 bits per heavy atom. The zero-order valence-corrected chi connectivity index (χ0v) is 12.0. The van der Waals surface area contributed by atoms with Gasteiger partial charge in [-0.2, -0.15) is 0 Å². The predicted molar refractivity (Wildman–Crippen MR) is 81.3 cm³/mol. The summed E-state index contributed by atoms with van der Waals surface area (Å²) in [5.74, 6) is -0.0481. The van der Waals surface area contributed by atoms with E-state index in [-0.39, 0.29) is 11.9 Å². The number of benzene rings is 2. The number of hydrogen-bond donors (Lipinski definition) is 0. The molecule has 0 aromatic heterocycles. The van der Waals surface area contributed by atoms with E-state index in [9.17, 15) is 4.79 Å². The Morgan fingerprint density at radius 1 is 1.05 bits per heavy atom. The highest BCUT2D eigenvalue weighted by Crippen LogP contribution is 2.25. The first-order valence-corrected chi connectivity index (χ1v) is 7.38. The number of carbonyl (C=O) groups is 1. The molecule has 4 heteroatoms. The molecular weight excluding hydrogens is 280 g/mol. The molecule has 22 heavy (non-hydrogen) atoms. The van der Waals surface area contributed by atoms with Crippen LogP contribution in [0, 0.1) is 0 Å². The van der Waals surface area contributed by atoms with Crippen molar-refractivity contribution in [1.29, 1.82) is 0 Å². The summed E-state index contributed by atoms with van der Waals surface area (Å²) in [7, 11) is 0. The maximum atomic E-state index is 11.7. The third-order valence-electron chi connectivity index (χ3n) is 3.99. The zero-order valence-electron chi connectivity index (χ0n) is 12.0. The SMILES string of the molecule is O=C1C=C[C@H]2O[C@H](COCc3ccc4ccccc4c3)[C@H]1O2. The maximum Gasteiger partial charge on any atom is 0.187 e. The van der Waals surface area contributed by atoms with Gasteiger partial charge < -0.3 is 14.2 Å². The number of ketones is 1. The molecule has 0 spiro atoms. The average molecular weight is 296 g/mol. The van der Waals surface area contributed by atoms with Gasteiger partial charge in [-0.05, 0) is 34.6 Å². The maximum absolute atomic E-state index is 11.7. The summed E-state index contributed by atoms with van der Waals surface area (Å²) >= 11 is 0. The van der Waals surface area contributed by atoms with Crippen LogP contribution in [0.1, 0.15) is 5.56 Å². The molecule has 2 aliphatic heterocycles. The van der Waals surface area contributed by atoms with Gasteiger partial charge in [0.25, 0.3) is 0 Å². The van der Waals surface area contributed by atoms with E-state index in [1.165, 1.54) is 16.8 Å². The molecule has 2 aromatic carbocycles. The topological polar surface area (TPSA) is 44.8 Å². The minimum Gasteiger partial charge on any atom is -0.374 e. The van der Waals surface area contributed by atoms with Crippen LogP contribution >= 0.6 is 0 Å². The van der Waals surface area contributed by atoms with Crippen LogP contribution in [-0.4, -0.2) is 30.9 Å². The average Bonchev–Trinajstić information content (AvgIpc) is 2.89. The normalized spacial score (nSPS) is 26.7. The van der Waals surface area contributed by atoms with E-state index in [4.69, 9.17) is 14.2 Å². The Morgan fingerprint density at radius 3 is 2.82 bits per heavy atom. The lowest BCUT2D eigenvalue weighted by Gasteiger charge is -2.14. The summed E-state index contributed by atoms with van der Waals surface area (Å²) in [4.78, 5) is 11.7. The van der Waals surface area contributed by atoms with Gasteiger partial charge in [0.2, 0.25) is 0 Å². The number of hydrogen-bond acceptors (Lipinski definition) is 4. The Kier molecular flexibility index (Phi) is 3.50. The lowest BCUT2D eigenvalue weighted by atomic mass is 10.1. The van der Waals surface area contributed by atoms with E-state index >= 15 is 0 Å². The molecule has 112 valence electrons. The van der Waals surface area contributed by atoms with Crippen molar-refractivity contribution >= 4 is 16.6 Å². The molecule has 0 radical (unpaired) electrons. The molecule has 2 heterocycles. The molecule has 0 N–H and O–H groups in total. The van der Waals surface area contributed by atoms with Gasteiger partial charge in [-0.15, -0.1) is 0 Å². The number of fused-ring (bicyclic) bond motifs is 3. The molecule has 2 bridgehead atoms. The van der Waals surface area contributed by atoms with Crippen LogP contribution in [0.3, 0.4) is 0 Å². The fourth-order valence-corrected chi connectivity index (χ4v) is 2.87. The van der Waals surface area contributed by atoms with Crippen LogP contribution in [0.5, 0.6) is 0 Å². The molecule has 0 unspecified atom stereocenters. The van der Waals surface area contributed by atoms with Gasteiger partial charge >= 0.3 is 0 Å². The molecule has 1 fully saturated rings. The van der Waals surface area contributed by atoms with Crippen molar-refractivity contribution in [2.45, 2.75) is 25.1 Å². The van der Waals surface area contributed by atoms with E-state index in [1.54, 1.807) is 6.08 Å². The van der Waals surface area contributed by atoms with Crippen LogP contribution in [0.15, 0.2) is 54.6 Å². The Balaban J connectivity index is 1.37. The standard InChI is InChI=1S/C18H16O4/c19-15-7-8-17-21-16(18(15)22-17)11-20-10-12-5-6-13-3-1-2-4-14(13)9-12/h1-9,16-18H,10-11H2/t16-,17+,18+/m1/s1. The summed E-state index contributed by atoms with van der Waals surface area (Å²) < 4.78 is 16.8. The Bertz CT molecular complexity index is 737. The van der Waals surface area contributed by atoms with Gasteiger partial charge in [0.1, 0.15) is 6.10 Å². The van der Waals surface area contributed by atoms with Crippen LogP contribution < -0.4 is 0 Å². The van der Waals surface area contributed by atoms with Crippen molar-refractivity contribution in [3.8, 4) is 0 Å². The minimum absolute atomic E-state index is 0.0481. The van der Waals surface area contributed by atoms with E-state index in [0.29, 0.717) is 13.2 Å².